The number of hydrogen-bond acceptors (Lipinski definition) is 4. The fourth-order valence-corrected chi connectivity index (χ4v) is 6.81. The van der Waals surface area contributed by atoms with Gasteiger partial charge in [-0.1, -0.05) is 26.0 Å². The quantitative estimate of drug-likeness (QED) is 0.428. The van der Waals surface area contributed by atoms with Crippen molar-refractivity contribution in [2.45, 2.75) is 65.5 Å². The van der Waals surface area contributed by atoms with Gasteiger partial charge in [0, 0.05) is 28.0 Å². The number of nitrogens with one attached hydrogen (secondary N) is 1. The number of hydrogen-bond donors (Lipinski definition) is 1. The third-order valence-corrected chi connectivity index (χ3v) is 8.31. The molecular formula is C28H33N3O3S. The first kappa shape index (κ1) is 23.7. The molecule has 6 nitrogen and oxygen atoms in total. The molecule has 0 saturated heterocycles. The Morgan fingerprint density at radius 1 is 1.11 bits per heavy atom. The van der Waals surface area contributed by atoms with Gasteiger partial charge in [-0.05, 0) is 73.9 Å². The second-order valence-corrected chi connectivity index (χ2v) is 10.8. The Bertz CT molecular complexity index is 1220. The number of urea groups is 1. The van der Waals surface area contributed by atoms with Crippen molar-refractivity contribution < 1.29 is 14.3 Å². The van der Waals surface area contributed by atoms with Gasteiger partial charge in [0.05, 0.1) is 25.6 Å². The topological polar surface area (TPSA) is 63.6 Å². The summed E-state index contributed by atoms with van der Waals surface area (Å²) < 4.78 is 7.35. The van der Waals surface area contributed by atoms with Gasteiger partial charge in [0.15, 0.2) is 0 Å². The largest absolute Gasteiger partial charge is 0.466 e. The maximum Gasteiger partial charge on any atom is 0.322 e. The molecular weight excluding hydrogens is 458 g/mol. The van der Waals surface area contributed by atoms with E-state index in [9.17, 15) is 9.59 Å². The molecule has 0 bridgehead atoms. The zero-order valence-corrected chi connectivity index (χ0v) is 21.5. The Hall–Kier alpha value is -3.06. The SMILES string of the molecule is CCOC(=O)Cc1ccc(NC(=O)N2Cc3c(sc4c3CCCC4)-n3cccc3[C@@H]2C(C)C)cc1. The third kappa shape index (κ3) is 4.61. The first-order chi connectivity index (χ1) is 17.0. The van der Waals surface area contributed by atoms with Gasteiger partial charge in [-0.25, -0.2) is 4.79 Å². The van der Waals surface area contributed by atoms with Gasteiger partial charge in [-0.15, -0.1) is 11.3 Å². The fraction of sp³-hybridized carbons (Fsp3) is 0.429. The van der Waals surface area contributed by atoms with Crippen LogP contribution in [-0.2, 0) is 35.3 Å². The minimum atomic E-state index is -0.244. The van der Waals surface area contributed by atoms with Crippen LogP contribution < -0.4 is 5.32 Å². The van der Waals surface area contributed by atoms with Crippen LogP contribution in [0.1, 0.15) is 66.9 Å². The van der Waals surface area contributed by atoms with Crippen LogP contribution in [0.4, 0.5) is 10.5 Å². The van der Waals surface area contributed by atoms with Crippen molar-refractivity contribution >= 4 is 29.0 Å². The standard InChI is InChI=1S/C28H33N3O3S/c1-4-34-25(32)16-19-11-13-20(14-12-19)29-28(33)31-17-22-21-8-5-6-10-24(21)35-27(22)30-15-7-9-23(30)26(31)18(2)3/h7,9,11-15,18,26H,4-6,8,10,16-17H2,1-3H3,(H,29,33)/t26-/m0/s1. The van der Waals surface area contributed by atoms with Crippen molar-refractivity contribution in [1.29, 1.82) is 0 Å². The van der Waals surface area contributed by atoms with Crippen LogP contribution in [0.2, 0.25) is 0 Å². The molecule has 0 unspecified atom stereocenters. The van der Waals surface area contributed by atoms with Crippen molar-refractivity contribution in [2.75, 3.05) is 11.9 Å². The second-order valence-electron chi connectivity index (χ2n) is 9.72. The molecule has 2 aliphatic rings. The van der Waals surface area contributed by atoms with Crippen LogP contribution in [0.25, 0.3) is 5.00 Å². The number of anilines is 1. The van der Waals surface area contributed by atoms with Crippen LogP contribution in [0.3, 0.4) is 0 Å². The molecule has 0 saturated carbocycles. The summed E-state index contributed by atoms with van der Waals surface area (Å²) >= 11 is 1.91. The lowest BCUT2D eigenvalue weighted by atomic mass is 9.94. The number of esters is 1. The maximum absolute atomic E-state index is 13.7. The highest BCUT2D eigenvalue weighted by atomic mass is 32.1. The lowest BCUT2D eigenvalue weighted by Gasteiger charge is -2.33. The van der Waals surface area contributed by atoms with E-state index < -0.39 is 0 Å². The highest BCUT2D eigenvalue weighted by Crippen LogP contribution is 2.44. The average molecular weight is 492 g/mol. The Labute approximate surface area is 210 Å². The summed E-state index contributed by atoms with van der Waals surface area (Å²) in [6.07, 6.45) is 7.08. The van der Waals surface area contributed by atoms with E-state index in [-0.39, 0.29) is 30.4 Å². The third-order valence-electron chi connectivity index (χ3n) is 6.98. The van der Waals surface area contributed by atoms with Crippen LogP contribution in [0, 0.1) is 5.92 Å². The number of benzene rings is 1. The lowest BCUT2D eigenvalue weighted by molar-refractivity contribution is -0.142. The smallest absolute Gasteiger partial charge is 0.322 e. The van der Waals surface area contributed by atoms with Gasteiger partial charge in [0.25, 0.3) is 0 Å². The van der Waals surface area contributed by atoms with Gasteiger partial charge < -0.3 is 19.5 Å². The number of fused-ring (bicyclic) bond motifs is 5. The first-order valence-corrected chi connectivity index (χ1v) is 13.4. The average Bonchev–Trinajstić information content (AvgIpc) is 3.42. The van der Waals surface area contributed by atoms with E-state index in [4.69, 9.17) is 4.74 Å². The molecule has 1 aromatic carbocycles. The van der Waals surface area contributed by atoms with Gasteiger partial charge >= 0.3 is 12.0 Å². The van der Waals surface area contributed by atoms with Gasteiger partial charge in [0.1, 0.15) is 5.00 Å². The van der Waals surface area contributed by atoms with E-state index in [2.05, 4.69) is 42.1 Å². The Balaban J connectivity index is 1.44. The molecule has 1 aliphatic carbocycles. The number of carbonyl (C=O) groups excluding carboxylic acids is 2. The zero-order valence-electron chi connectivity index (χ0n) is 20.7. The van der Waals surface area contributed by atoms with E-state index in [0.717, 1.165) is 29.8 Å². The molecule has 1 aliphatic heterocycles. The molecule has 184 valence electrons. The summed E-state index contributed by atoms with van der Waals surface area (Å²) in [5.41, 5.74) is 5.52. The normalized spacial score (nSPS) is 16.8. The number of nitrogens with zero attached hydrogens (tertiary/aromatic N) is 2. The highest BCUT2D eigenvalue weighted by molar-refractivity contribution is 7.15. The van der Waals surface area contributed by atoms with E-state index in [0.29, 0.717) is 13.2 Å². The molecule has 1 atom stereocenters. The van der Waals surface area contributed by atoms with Crippen molar-refractivity contribution in [3.05, 3.63) is 69.9 Å². The summed E-state index contributed by atoms with van der Waals surface area (Å²) in [5, 5.41) is 4.40. The van der Waals surface area contributed by atoms with E-state index in [1.54, 1.807) is 6.92 Å². The van der Waals surface area contributed by atoms with Crippen LogP contribution in [-0.4, -0.2) is 28.1 Å². The Morgan fingerprint density at radius 3 is 2.63 bits per heavy atom. The number of rotatable bonds is 5. The van der Waals surface area contributed by atoms with Crippen LogP contribution >= 0.6 is 11.3 Å². The molecule has 35 heavy (non-hydrogen) atoms. The summed E-state index contributed by atoms with van der Waals surface area (Å²) in [6, 6.07) is 11.6. The molecule has 2 aromatic heterocycles. The van der Waals surface area contributed by atoms with Crippen molar-refractivity contribution in [3.63, 3.8) is 0 Å². The van der Waals surface area contributed by atoms with Gasteiger partial charge in [-0.3, -0.25) is 4.79 Å². The summed E-state index contributed by atoms with van der Waals surface area (Å²) in [6.45, 7) is 7.15. The molecule has 1 N–H and O–H groups in total. The summed E-state index contributed by atoms with van der Waals surface area (Å²) in [5.74, 6) is 0.0118. The second kappa shape index (κ2) is 9.90. The van der Waals surface area contributed by atoms with E-state index in [1.165, 1.54) is 33.8 Å². The molecule has 3 aromatic rings. The van der Waals surface area contributed by atoms with Crippen molar-refractivity contribution in [2.24, 2.45) is 5.92 Å². The molecule has 7 heteroatoms. The minimum absolute atomic E-state index is 0.0353. The van der Waals surface area contributed by atoms with Crippen LogP contribution in [0.15, 0.2) is 42.6 Å². The fourth-order valence-electron chi connectivity index (χ4n) is 5.40. The summed E-state index contributed by atoms with van der Waals surface area (Å²) in [7, 11) is 0. The molecule has 0 fully saturated rings. The molecule has 3 heterocycles. The van der Waals surface area contributed by atoms with Gasteiger partial charge in [0.2, 0.25) is 0 Å². The van der Waals surface area contributed by atoms with E-state index in [1.807, 2.05) is 40.5 Å². The molecule has 0 spiro atoms. The maximum atomic E-state index is 13.7. The monoisotopic (exact) mass is 491 g/mol. The van der Waals surface area contributed by atoms with Crippen LogP contribution in [0.5, 0.6) is 0 Å². The predicted octanol–water partition coefficient (Wildman–Crippen LogP) is 6.27. The van der Waals surface area contributed by atoms with E-state index >= 15 is 0 Å². The number of carbonyl (C=O) groups is 2. The number of aromatic nitrogens is 1. The van der Waals surface area contributed by atoms with Crippen molar-refractivity contribution in [1.82, 2.24) is 9.47 Å². The molecule has 5 rings (SSSR count). The highest BCUT2D eigenvalue weighted by Gasteiger charge is 2.36. The minimum Gasteiger partial charge on any atom is -0.466 e. The number of amides is 2. The van der Waals surface area contributed by atoms with Crippen molar-refractivity contribution in [3.8, 4) is 5.00 Å². The Kier molecular flexibility index (Phi) is 6.69. The molecule has 2 amide bonds. The van der Waals surface area contributed by atoms with Gasteiger partial charge in [-0.2, -0.15) is 0 Å². The summed E-state index contributed by atoms with van der Waals surface area (Å²) in [4.78, 5) is 29.0. The number of ether oxygens (including phenoxy) is 1. The Morgan fingerprint density at radius 2 is 1.89 bits per heavy atom. The number of aryl methyl sites for hydroxylation is 1. The lowest BCUT2D eigenvalue weighted by Crippen LogP contribution is -2.39. The number of thiophene rings is 1. The predicted molar refractivity (Wildman–Crippen MR) is 139 cm³/mol. The molecule has 0 radical (unpaired) electrons. The zero-order chi connectivity index (χ0) is 24.5. The first-order valence-electron chi connectivity index (χ1n) is 12.6.